The van der Waals surface area contributed by atoms with Crippen LogP contribution in [0.15, 0.2) is 66.9 Å². The summed E-state index contributed by atoms with van der Waals surface area (Å²) in [5, 5.41) is 1.15. The first-order valence-corrected chi connectivity index (χ1v) is 16.6. The summed E-state index contributed by atoms with van der Waals surface area (Å²) in [7, 11) is 1.69. The summed E-state index contributed by atoms with van der Waals surface area (Å²) in [6, 6.07) is 20.4. The lowest BCUT2D eigenvalue weighted by Crippen LogP contribution is -2.36. The van der Waals surface area contributed by atoms with Crippen LogP contribution in [0.3, 0.4) is 0 Å². The molecule has 5 aromatic rings. The van der Waals surface area contributed by atoms with E-state index in [4.69, 9.17) is 19.4 Å². The molecule has 0 spiro atoms. The number of morpholine rings is 1. The molecule has 2 aliphatic rings. The van der Waals surface area contributed by atoms with E-state index in [1.54, 1.807) is 7.11 Å². The van der Waals surface area contributed by atoms with Crippen LogP contribution in [-0.2, 0) is 4.74 Å². The van der Waals surface area contributed by atoms with Gasteiger partial charge in [0.1, 0.15) is 17.4 Å². The Labute approximate surface area is 283 Å². The molecule has 246 valence electrons. The topological polar surface area (TPSA) is 89.4 Å². The summed E-state index contributed by atoms with van der Waals surface area (Å²) < 4.78 is 10.9. The van der Waals surface area contributed by atoms with Gasteiger partial charge in [-0.1, -0.05) is 30.3 Å². The predicted octanol–water partition coefficient (Wildman–Crippen LogP) is 7.21. The Hall–Kier alpha value is -5.15. The van der Waals surface area contributed by atoms with E-state index < -0.39 is 0 Å². The second-order valence-corrected chi connectivity index (χ2v) is 12.0. The van der Waals surface area contributed by atoms with Gasteiger partial charge in [0, 0.05) is 60.6 Å². The number of benzene rings is 1. The van der Waals surface area contributed by atoms with E-state index in [0.29, 0.717) is 0 Å². The number of nitrogens with zero attached hydrogens (tertiary/aromatic N) is 7. The van der Waals surface area contributed by atoms with Crippen molar-refractivity contribution in [2.45, 2.75) is 33.6 Å². The van der Waals surface area contributed by atoms with Crippen LogP contribution in [-0.4, -0.2) is 71.4 Å². The average Bonchev–Trinajstić information content (AvgIpc) is 3.67. The highest BCUT2D eigenvalue weighted by molar-refractivity contribution is 5.80. The van der Waals surface area contributed by atoms with E-state index in [2.05, 4.69) is 43.0 Å². The Morgan fingerprint density at radius 2 is 1.46 bits per heavy atom. The molecule has 0 bridgehead atoms. The first-order chi connectivity index (χ1) is 23.5. The molecule has 0 unspecified atom stereocenters. The monoisotopic (exact) mass is 641 g/mol. The lowest BCUT2D eigenvalue weighted by atomic mass is 10.1. The van der Waals surface area contributed by atoms with Crippen molar-refractivity contribution >= 4 is 46.8 Å². The predicted molar refractivity (Wildman–Crippen MR) is 195 cm³/mol. The van der Waals surface area contributed by atoms with E-state index in [0.717, 1.165) is 107 Å². The number of aryl methyl sites for hydroxylation is 2. The average molecular weight is 642 g/mol. The third-order valence-corrected chi connectivity index (χ3v) is 8.50. The fraction of sp³-hybridized carbons (Fsp3) is 0.308. The van der Waals surface area contributed by atoms with Crippen LogP contribution in [0, 0.1) is 20.8 Å². The summed E-state index contributed by atoms with van der Waals surface area (Å²) in [6.07, 6.45) is 12.2. The van der Waals surface area contributed by atoms with Crippen molar-refractivity contribution in [3.05, 3.63) is 107 Å². The first kappa shape index (κ1) is 32.8. The zero-order valence-electron chi connectivity index (χ0n) is 28.3. The van der Waals surface area contributed by atoms with Crippen LogP contribution in [0.4, 0.5) is 11.6 Å². The van der Waals surface area contributed by atoms with Gasteiger partial charge in [-0.3, -0.25) is 4.98 Å². The normalized spacial score (nSPS) is 14.9. The van der Waals surface area contributed by atoms with E-state index in [-0.39, 0.29) is 0 Å². The van der Waals surface area contributed by atoms with Gasteiger partial charge in [0.05, 0.1) is 42.9 Å². The molecule has 0 saturated carbocycles. The van der Waals surface area contributed by atoms with Crippen molar-refractivity contribution in [3.8, 4) is 5.75 Å². The van der Waals surface area contributed by atoms with Crippen LogP contribution >= 0.6 is 0 Å². The largest absolute Gasteiger partial charge is 0.496 e. The Bertz CT molecular complexity index is 1910. The standard InChI is InChI=1S/C20H20N4.C19H23N3O2/c1-15-14-20(24-12-4-5-13-24)23-19(21-15)11-10-17-9-8-16-6-2-3-7-18(16)22-17;1-14-13-20-17(15(2)19(14)23-3)8-7-16-5-4-6-18(21-16)22-9-11-24-12-10-22/h2-3,6-11,14H,4-5,12-13H2,1H3;4-8,13H,9-12H2,1-3H3/b11-10+;8-7+. The van der Waals surface area contributed by atoms with Gasteiger partial charge in [0.15, 0.2) is 5.82 Å². The highest BCUT2D eigenvalue weighted by Gasteiger charge is 2.15. The van der Waals surface area contributed by atoms with Gasteiger partial charge in [0.2, 0.25) is 0 Å². The molecule has 6 heterocycles. The maximum absolute atomic E-state index is 5.46. The minimum Gasteiger partial charge on any atom is -0.496 e. The van der Waals surface area contributed by atoms with Crippen LogP contribution in [0.25, 0.3) is 35.2 Å². The molecule has 9 nitrogen and oxygen atoms in total. The maximum Gasteiger partial charge on any atom is 0.154 e. The van der Waals surface area contributed by atoms with E-state index in [1.165, 1.54) is 12.8 Å². The van der Waals surface area contributed by atoms with Crippen molar-refractivity contribution in [2.75, 3.05) is 56.3 Å². The molecule has 4 aromatic heterocycles. The lowest BCUT2D eigenvalue weighted by Gasteiger charge is -2.27. The maximum atomic E-state index is 5.46. The minimum absolute atomic E-state index is 0.742. The molecule has 48 heavy (non-hydrogen) atoms. The number of methoxy groups -OCH3 is 1. The van der Waals surface area contributed by atoms with Gasteiger partial charge in [-0.2, -0.15) is 0 Å². The second-order valence-electron chi connectivity index (χ2n) is 12.0. The molecule has 0 amide bonds. The van der Waals surface area contributed by atoms with Crippen LogP contribution in [0.5, 0.6) is 5.75 Å². The summed E-state index contributed by atoms with van der Waals surface area (Å²) >= 11 is 0. The van der Waals surface area contributed by atoms with Crippen molar-refractivity contribution in [3.63, 3.8) is 0 Å². The van der Waals surface area contributed by atoms with E-state index in [1.807, 2.05) is 93.7 Å². The Morgan fingerprint density at radius 3 is 2.27 bits per heavy atom. The van der Waals surface area contributed by atoms with Crippen LogP contribution in [0.2, 0.25) is 0 Å². The second kappa shape index (κ2) is 15.6. The molecular weight excluding hydrogens is 598 g/mol. The summed E-state index contributed by atoms with van der Waals surface area (Å²) in [6.45, 7) is 11.5. The van der Waals surface area contributed by atoms with Crippen molar-refractivity contribution in [1.82, 2.24) is 24.9 Å². The van der Waals surface area contributed by atoms with Crippen molar-refractivity contribution < 1.29 is 9.47 Å². The zero-order chi connectivity index (χ0) is 33.3. The number of aromatic nitrogens is 5. The summed E-state index contributed by atoms with van der Waals surface area (Å²) in [5.41, 5.74) is 6.82. The number of fused-ring (bicyclic) bond motifs is 1. The van der Waals surface area contributed by atoms with Crippen LogP contribution < -0.4 is 14.5 Å². The molecular formula is C39H43N7O2. The van der Waals surface area contributed by atoms with Gasteiger partial charge < -0.3 is 19.3 Å². The van der Waals surface area contributed by atoms with Crippen LogP contribution in [0.1, 0.15) is 52.6 Å². The third kappa shape index (κ3) is 8.22. The van der Waals surface area contributed by atoms with E-state index in [9.17, 15) is 0 Å². The first-order valence-electron chi connectivity index (χ1n) is 16.6. The lowest BCUT2D eigenvalue weighted by molar-refractivity contribution is 0.122. The molecule has 9 heteroatoms. The zero-order valence-corrected chi connectivity index (χ0v) is 28.3. The number of hydrogen-bond acceptors (Lipinski definition) is 9. The molecule has 2 aliphatic heterocycles. The SMILES string of the molecule is COc1c(C)cnc(/C=C/c2cccc(N3CCOCC3)n2)c1C.Cc1cc(N2CCCC2)nc(/C=C/c2ccc3ccccc3n2)n1. The Kier molecular flexibility index (Phi) is 10.7. The Morgan fingerprint density at radius 1 is 0.708 bits per heavy atom. The molecule has 2 fully saturated rings. The van der Waals surface area contributed by atoms with Gasteiger partial charge in [-0.15, -0.1) is 0 Å². The molecule has 2 saturated heterocycles. The number of rotatable bonds is 7. The summed E-state index contributed by atoms with van der Waals surface area (Å²) in [5.74, 6) is 3.66. The Balaban J connectivity index is 0.000000167. The highest BCUT2D eigenvalue weighted by Crippen LogP contribution is 2.25. The minimum atomic E-state index is 0.742. The van der Waals surface area contributed by atoms with Crippen molar-refractivity contribution in [1.29, 1.82) is 0 Å². The quantitative estimate of drug-likeness (QED) is 0.183. The smallest absolute Gasteiger partial charge is 0.154 e. The highest BCUT2D eigenvalue weighted by atomic mass is 16.5. The third-order valence-electron chi connectivity index (χ3n) is 8.50. The van der Waals surface area contributed by atoms with Gasteiger partial charge in [-0.25, -0.2) is 19.9 Å². The fourth-order valence-corrected chi connectivity index (χ4v) is 5.97. The summed E-state index contributed by atoms with van der Waals surface area (Å²) in [4.78, 5) is 27.7. The van der Waals surface area contributed by atoms with Crippen molar-refractivity contribution in [2.24, 2.45) is 0 Å². The molecule has 7 rings (SSSR count). The number of pyridine rings is 3. The van der Waals surface area contributed by atoms with Gasteiger partial charge in [-0.05, 0) is 82.2 Å². The molecule has 1 aromatic carbocycles. The molecule has 0 aliphatic carbocycles. The van der Waals surface area contributed by atoms with Gasteiger partial charge >= 0.3 is 0 Å². The number of ether oxygens (including phenoxy) is 2. The molecule has 0 atom stereocenters. The molecule has 0 N–H and O–H groups in total. The van der Waals surface area contributed by atoms with Gasteiger partial charge in [0.25, 0.3) is 0 Å². The number of para-hydroxylation sites is 1. The number of hydrogen-bond donors (Lipinski definition) is 0. The number of anilines is 2. The fourth-order valence-electron chi connectivity index (χ4n) is 5.97. The van der Waals surface area contributed by atoms with E-state index >= 15 is 0 Å². The molecule has 0 radical (unpaired) electrons.